The highest BCUT2D eigenvalue weighted by atomic mass is 15.2. The molecule has 0 fully saturated rings. The molecule has 0 saturated carbocycles. The van der Waals surface area contributed by atoms with Crippen LogP contribution < -0.4 is 4.90 Å². The van der Waals surface area contributed by atoms with Crippen LogP contribution in [0.3, 0.4) is 0 Å². The Bertz CT molecular complexity index is 313. The van der Waals surface area contributed by atoms with Crippen molar-refractivity contribution in [2.45, 2.75) is 59.5 Å². The van der Waals surface area contributed by atoms with Crippen LogP contribution in [0.25, 0.3) is 0 Å². The van der Waals surface area contributed by atoms with Gasteiger partial charge in [-0.3, -0.25) is 0 Å². The van der Waals surface area contributed by atoms with E-state index in [0.29, 0.717) is 12.1 Å². The van der Waals surface area contributed by atoms with Crippen molar-refractivity contribution in [1.82, 2.24) is 9.97 Å². The van der Waals surface area contributed by atoms with Crippen molar-refractivity contribution in [2.75, 3.05) is 4.90 Å². The third kappa shape index (κ3) is 3.19. The van der Waals surface area contributed by atoms with Crippen molar-refractivity contribution in [2.24, 2.45) is 0 Å². The first kappa shape index (κ1) is 12.9. The van der Waals surface area contributed by atoms with Gasteiger partial charge in [-0.15, -0.1) is 0 Å². The quantitative estimate of drug-likeness (QED) is 0.765. The van der Waals surface area contributed by atoms with Gasteiger partial charge in [-0.2, -0.15) is 0 Å². The van der Waals surface area contributed by atoms with Crippen molar-refractivity contribution in [1.29, 1.82) is 0 Å². The van der Waals surface area contributed by atoms with Crippen LogP contribution in [0.1, 0.15) is 46.9 Å². The predicted octanol–water partition coefficient (Wildman–Crippen LogP) is 3.05. The molecule has 0 aromatic carbocycles. The average Bonchev–Trinajstić information content (AvgIpc) is 2.17. The van der Waals surface area contributed by atoms with E-state index in [1.165, 1.54) is 0 Å². The summed E-state index contributed by atoms with van der Waals surface area (Å²) in [5, 5.41) is 0. The largest absolute Gasteiger partial charge is 0.352 e. The third-order valence-electron chi connectivity index (χ3n) is 2.54. The van der Waals surface area contributed by atoms with Crippen molar-refractivity contribution in [3.63, 3.8) is 0 Å². The third-order valence-corrected chi connectivity index (χ3v) is 2.54. The maximum absolute atomic E-state index is 4.62. The van der Waals surface area contributed by atoms with Crippen LogP contribution in [0.15, 0.2) is 12.3 Å². The summed E-state index contributed by atoms with van der Waals surface area (Å²) in [5.41, 5.74) is 0. The van der Waals surface area contributed by atoms with Gasteiger partial charge in [0.15, 0.2) is 0 Å². The highest BCUT2D eigenvalue weighted by Crippen LogP contribution is 2.17. The summed E-state index contributed by atoms with van der Waals surface area (Å²) in [6.07, 6.45) is 3.91. The Labute approximate surface area is 98.9 Å². The van der Waals surface area contributed by atoms with Crippen molar-refractivity contribution < 1.29 is 0 Å². The van der Waals surface area contributed by atoms with Crippen molar-refractivity contribution in [3.8, 4) is 0 Å². The molecule has 0 radical (unpaired) electrons. The lowest BCUT2D eigenvalue weighted by Crippen LogP contribution is -2.37. The fourth-order valence-corrected chi connectivity index (χ4v) is 2.00. The van der Waals surface area contributed by atoms with Gasteiger partial charge in [0.05, 0.1) is 0 Å². The van der Waals surface area contributed by atoms with Crippen LogP contribution in [0.5, 0.6) is 0 Å². The molecule has 0 amide bonds. The van der Waals surface area contributed by atoms with Gasteiger partial charge in [-0.25, -0.2) is 9.97 Å². The molecule has 1 aromatic rings. The Hall–Kier alpha value is -1.12. The summed E-state index contributed by atoms with van der Waals surface area (Å²) < 4.78 is 0. The van der Waals surface area contributed by atoms with E-state index in [1.54, 1.807) is 0 Å². The predicted molar refractivity (Wildman–Crippen MR) is 68.8 cm³/mol. The zero-order valence-corrected chi connectivity index (χ0v) is 11.1. The number of rotatable bonds is 5. The Morgan fingerprint density at radius 2 is 1.81 bits per heavy atom. The second kappa shape index (κ2) is 5.83. The molecule has 0 N–H and O–H groups in total. The van der Waals surface area contributed by atoms with Crippen molar-refractivity contribution in [3.05, 3.63) is 18.1 Å². The molecule has 16 heavy (non-hydrogen) atoms. The average molecular weight is 221 g/mol. The minimum Gasteiger partial charge on any atom is -0.352 e. The van der Waals surface area contributed by atoms with Gasteiger partial charge in [-0.1, -0.05) is 6.92 Å². The number of anilines is 1. The molecule has 1 rings (SSSR count). The van der Waals surface area contributed by atoms with Gasteiger partial charge in [-0.05, 0) is 40.2 Å². The number of aromatic nitrogens is 2. The molecule has 0 aliphatic carbocycles. The summed E-state index contributed by atoms with van der Waals surface area (Å²) in [6, 6.07) is 2.92. The Morgan fingerprint density at radius 1 is 1.19 bits per heavy atom. The smallest absolute Gasteiger partial charge is 0.132 e. The van der Waals surface area contributed by atoms with Crippen LogP contribution in [-0.4, -0.2) is 22.1 Å². The number of hydrogen-bond donors (Lipinski definition) is 0. The summed E-state index contributed by atoms with van der Waals surface area (Å²) in [5.74, 6) is 2.00. The summed E-state index contributed by atoms with van der Waals surface area (Å²) in [7, 11) is 0. The van der Waals surface area contributed by atoms with Crippen molar-refractivity contribution >= 4 is 5.82 Å². The fourth-order valence-electron chi connectivity index (χ4n) is 2.00. The molecular weight excluding hydrogens is 198 g/mol. The molecule has 0 aliphatic heterocycles. The Morgan fingerprint density at radius 3 is 2.31 bits per heavy atom. The molecule has 0 spiro atoms. The molecule has 0 bridgehead atoms. The molecule has 3 heteroatoms. The molecule has 0 saturated heterocycles. The summed E-state index contributed by atoms with van der Waals surface area (Å²) in [6.45, 7) is 10.9. The SMILES string of the molecule is CCCc1nccc(N(C(C)C)C(C)C)n1. The normalized spacial score (nSPS) is 11.2. The van der Waals surface area contributed by atoms with E-state index in [-0.39, 0.29) is 0 Å². The minimum atomic E-state index is 0.462. The summed E-state index contributed by atoms with van der Waals surface area (Å²) >= 11 is 0. The fraction of sp³-hybridized carbons (Fsp3) is 0.692. The van der Waals surface area contributed by atoms with Gasteiger partial charge >= 0.3 is 0 Å². The topological polar surface area (TPSA) is 29.0 Å². The molecule has 3 nitrogen and oxygen atoms in total. The van der Waals surface area contributed by atoms with E-state index < -0.39 is 0 Å². The first-order valence-corrected chi connectivity index (χ1v) is 6.16. The zero-order chi connectivity index (χ0) is 12.1. The van der Waals surface area contributed by atoms with E-state index in [4.69, 9.17) is 0 Å². The number of hydrogen-bond acceptors (Lipinski definition) is 3. The lowest BCUT2D eigenvalue weighted by Gasteiger charge is -2.31. The van der Waals surface area contributed by atoms with Gasteiger partial charge in [0.2, 0.25) is 0 Å². The number of aryl methyl sites for hydroxylation is 1. The standard InChI is InChI=1S/C13H23N3/c1-6-7-12-14-9-8-13(15-12)16(10(2)3)11(4)5/h8-11H,6-7H2,1-5H3. The van der Waals surface area contributed by atoms with Crippen LogP contribution in [0, 0.1) is 0 Å². The van der Waals surface area contributed by atoms with Crippen LogP contribution >= 0.6 is 0 Å². The van der Waals surface area contributed by atoms with E-state index >= 15 is 0 Å². The maximum Gasteiger partial charge on any atom is 0.132 e. The Balaban J connectivity index is 2.95. The van der Waals surface area contributed by atoms with E-state index in [0.717, 1.165) is 24.5 Å². The highest BCUT2D eigenvalue weighted by molar-refractivity contribution is 5.39. The molecule has 1 heterocycles. The molecule has 0 atom stereocenters. The second-order valence-corrected chi connectivity index (χ2v) is 4.68. The maximum atomic E-state index is 4.62. The lowest BCUT2D eigenvalue weighted by atomic mass is 10.2. The van der Waals surface area contributed by atoms with Crippen LogP contribution in [0.4, 0.5) is 5.82 Å². The monoisotopic (exact) mass is 221 g/mol. The lowest BCUT2D eigenvalue weighted by molar-refractivity contribution is 0.597. The first-order chi connectivity index (χ1) is 7.56. The van der Waals surface area contributed by atoms with E-state index in [9.17, 15) is 0 Å². The van der Waals surface area contributed by atoms with E-state index in [2.05, 4.69) is 49.5 Å². The van der Waals surface area contributed by atoms with E-state index in [1.807, 2.05) is 12.3 Å². The molecular formula is C13H23N3. The molecule has 1 aromatic heterocycles. The minimum absolute atomic E-state index is 0.462. The van der Waals surface area contributed by atoms with Gasteiger partial charge in [0.25, 0.3) is 0 Å². The van der Waals surface area contributed by atoms with Gasteiger partial charge in [0.1, 0.15) is 11.6 Å². The Kier molecular flexibility index (Phi) is 4.71. The van der Waals surface area contributed by atoms with Crippen LogP contribution in [-0.2, 0) is 6.42 Å². The first-order valence-electron chi connectivity index (χ1n) is 6.16. The second-order valence-electron chi connectivity index (χ2n) is 4.68. The van der Waals surface area contributed by atoms with Gasteiger partial charge in [0, 0.05) is 24.7 Å². The molecule has 0 aliphatic rings. The molecule has 0 unspecified atom stereocenters. The zero-order valence-electron chi connectivity index (χ0n) is 11.1. The van der Waals surface area contributed by atoms with Gasteiger partial charge < -0.3 is 4.90 Å². The summed E-state index contributed by atoms with van der Waals surface area (Å²) in [4.78, 5) is 11.2. The number of nitrogens with zero attached hydrogens (tertiary/aromatic N) is 3. The van der Waals surface area contributed by atoms with Crippen LogP contribution in [0.2, 0.25) is 0 Å². The molecule has 90 valence electrons. The highest BCUT2D eigenvalue weighted by Gasteiger charge is 2.15.